The number of carbonyl (C=O) groups is 3. The second kappa shape index (κ2) is 58.2. The van der Waals surface area contributed by atoms with E-state index in [4.69, 9.17) is 14.2 Å². The van der Waals surface area contributed by atoms with Crippen molar-refractivity contribution in [2.45, 2.75) is 335 Å². The van der Waals surface area contributed by atoms with Crippen LogP contribution < -0.4 is 0 Å². The molecule has 404 valence electrons. The van der Waals surface area contributed by atoms with E-state index < -0.39 is 6.10 Å². The van der Waals surface area contributed by atoms with Crippen molar-refractivity contribution in [3.63, 3.8) is 0 Å². The number of esters is 3. The molecule has 6 heteroatoms. The third kappa shape index (κ3) is 56.4. The number of hydrogen-bond donors (Lipinski definition) is 0. The molecule has 0 saturated heterocycles. The van der Waals surface area contributed by atoms with Crippen LogP contribution in [0.15, 0.2) is 36.5 Å². The summed E-state index contributed by atoms with van der Waals surface area (Å²) in [6.45, 7) is 6.65. The lowest BCUT2D eigenvalue weighted by Crippen LogP contribution is -2.30. The molecule has 0 aromatic heterocycles. The Morgan fingerprint density at radius 2 is 0.522 bits per heavy atom. The highest BCUT2D eigenvalue weighted by molar-refractivity contribution is 5.71. The van der Waals surface area contributed by atoms with Gasteiger partial charge in [-0.15, -0.1) is 0 Å². The van der Waals surface area contributed by atoms with Crippen molar-refractivity contribution in [1.82, 2.24) is 0 Å². The molecule has 0 aromatic carbocycles. The van der Waals surface area contributed by atoms with Gasteiger partial charge < -0.3 is 14.2 Å². The zero-order valence-corrected chi connectivity index (χ0v) is 46.3. The molecule has 0 N–H and O–H groups in total. The van der Waals surface area contributed by atoms with Crippen LogP contribution in [0, 0.1) is 0 Å². The summed E-state index contributed by atoms with van der Waals surface area (Å²) in [5.74, 6) is -0.873. The number of carbonyl (C=O) groups excluding carboxylic acids is 3. The molecule has 0 bridgehead atoms. The summed E-state index contributed by atoms with van der Waals surface area (Å²) in [4.78, 5) is 38.2. The Bertz CT molecular complexity index is 1160. The van der Waals surface area contributed by atoms with Gasteiger partial charge in [0, 0.05) is 19.3 Å². The first-order valence-corrected chi connectivity index (χ1v) is 30.5. The molecule has 0 aliphatic heterocycles. The van der Waals surface area contributed by atoms with Gasteiger partial charge in [0.25, 0.3) is 0 Å². The van der Waals surface area contributed by atoms with E-state index in [1.165, 1.54) is 205 Å². The molecule has 0 saturated carbocycles. The number of unbranched alkanes of at least 4 members (excludes halogenated alkanes) is 39. The lowest BCUT2D eigenvalue weighted by atomic mass is 10.0. The van der Waals surface area contributed by atoms with E-state index in [2.05, 4.69) is 57.2 Å². The molecule has 0 spiro atoms. The van der Waals surface area contributed by atoms with E-state index in [9.17, 15) is 14.4 Å². The van der Waals surface area contributed by atoms with E-state index in [0.29, 0.717) is 19.3 Å². The maximum atomic E-state index is 12.9. The van der Waals surface area contributed by atoms with Gasteiger partial charge in [0.05, 0.1) is 0 Å². The van der Waals surface area contributed by atoms with Crippen molar-refractivity contribution in [2.24, 2.45) is 0 Å². The molecule has 0 aliphatic carbocycles. The largest absolute Gasteiger partial charge is 0.462 e. The van der Waals surface area contributed by atoms with Crippen molar-refractivity contribution in [3.8, 4) is 0 Å². The fraction of sp³-hybridized carbons (Fsp3) is 0.857. The Balaban J connectivity index is 4.34. The predicted molar refractivity (Wildman–Crippen MR) is 298 cm³/mol. The van der Waals surface area contributed by atoms with Crippen LogP contribution in [0.25, 0.3) is 0 Å². The second-order valence-corrected chi connectivity index (χ2v) is 20.6. The molecule has 1 atom stereocenters. The fourth-order valence-corrected chi connectivity index (χ4v) is 9.00. The van der Waals surface area contributed by atoms with E-state index in [-0.39, 0.29) is 31.1 Å². The molecule has 0 fully saturated rings. The van der Waals surface area contributed by atoms with Crippen LogP contribution in [0.2, 0.25) is 0 Å². The maximum absolute atomic E-state index is 12.9. The molecule has 0 aromatic rings. The SMILES string of the molecule is CCCCC/C=C\C/C=C\CCCCCCCC(=O)O[C@H](COC(=O)CCCCCCCCC/C=C\CCCCCCCC)COC(=O)CCCCCCCCCCCCCCCCCCCCC. The quantitative estimate of drug-likeness (QED) is 0.0261. The molecule has 0 radical (unpaired) electrons. The summed E-state index contributed by atoms with van der Waals surface area (Å²) >= 11 is 0. The zero-order chi connectivity index (χ0) is 50.0. The monoisotopic (exact) mass is 969 g/mol. The molecule has 0 amide bonds. The summed E-state index contributed by atoms with van der Waals surface area (Å²) in [5, 5.41) is 0. The number of ether oxygens (including phenoxy) is 3. The molecular formula is C63H116O6. The topological polar surface area (TPSA) is 78.9 Å². The van der Waals surface area contributed by atoms with E-state index in [0.717, 1.165) is 83.5 Å². The lowest BCUT2D eigenvalue weighted by Gasteiger charge is -2.18. The van der Waals surface area contributed by atoms with Gasteiger partial charge in [0.2, 0.25) is 0 Å². The van der Waals surface area contributed by atoms with Gasteiger partial charge in [-0.05, 0) is 77.0 Å². The minimum atomic E-state index is -0.779. The Hall–Kier alpha value is -2.37. The lowest BCUT2D eigenvalue weighted by molar-refractivity contribution is -0.167. The molecule has 0 aliphatic rings. The highest BCUT2D eigenvalue weighted by atomic mass is 16.6. The fourth-order valence-electron chi connectivity index (χ4n) is 9.00. The van der Waals surface area contributed by atoms with Gasteiger partial charge >= 0.3 is 17.9 Å². The van der Waals surface area contributed by atoms with Crippen molar-refractivity contribution in [2.75, 3.05) is 13.2 Å². The Labute approximate surface area is 429 Å². The molecule has 6 nitrogen and oxygen atoms in total. The maximum Gasteiger partial charge on any atom is 0.306 e. The summed E-state index contributed by atoms with van der Waals surface area (Å²) in [5.41, 5.74) is 0. The van der Waals surface area contributed by atoms with Crippen LogP contribution in [-0.4, -0.2) is 37.2 Å². The third-order valence-electron chi connectivity index (χ3n) is 13.6. The van der Waals surface area contributed by atoms with Crippen LogP contribution in [0.3, 0.4) is 0 Å². The van der Waals surface area contributed by atoms with Crippen molar-refractivity contribution >= 4 is 17.9 Å². The Morgan fingerprint density at radius 1 is 0.290 bits per heavy atom. The van der Waals surface area contributed by atoms with Crippen molar-refractivity contribution in [3.05, 3.63) is 36.5 Å². The summed E-state index contributed by atoms with van der Waals surface area (Å²) in [6, 6.07) is 0. The number of allylic oxidation sites excluding steroid dienone is 6. The minimum absolute atomic E-state index is 0.0753. The van der Waals surface area contributed by atoms with Crippen LogP contribution in [0.4, 0.5) is 0 Å². The average Bonchev–Trinajstić information content (AvgIpc) is 3.35. The van der Waals surface area contributed by atoms with Crippen LogP contribution in [0.5, 0.6) is 0 Å². The number of rotatable bonds is 56. The Kier molecular flexibility index (Phi) is 56.2. The number of hydrogen-bond acceptors (Lipinski definition) is 6. The molecule has 69 heavy (non-hydrogen) atoms. The predicted octanol–water partition coefficient (Wildman–Crippen LogP) is 20.4. The minimum Gasteiger partial charge on any atom is -0.462 e. The van der Waals surface area contributed by atoms with Gasteiger partial charge in [-0.3, -0.25) is 14.4 Å². The highest BCUT2D eigenvalue weighted by Gasteiger charge is 2.19. The smallest absolute Gasteiger partial charge is 0.306 e. The van der Waals surface area contributed by atoms with Gasteiger partial charge in [0.15, 0.2) is 6.10 Å². The summed E-state index contributed by atoms with van der Waals surface area (Å²) in [7, 11) is 0. The van der Waals surface area contributed by atoms with Gasteiger partial charge in [-0.25, -0.2) is 0 Å². The molecular weight excluding hydrogens is 853 g/mol. The molecule has 0 rings (SSSR count). The van der Waals surface area contributed by atoms with E-state index in [1.54, 1.807) is 0 Å². The summed E-state index contributed by atoms with van der Waals surface area (Å²) in [6.07, 6.45) is 69.9. The van der Waals surface area contributed by atoms with Crippen molar-refractivity contribution in [1.29, 1.82) is 0 Å². The first-order chi connectivity index (χ1) is 34.0. The average molecular weight is 970 g/mol. The van der Waals surface area contributed by atoms with Crippen LogP contribution in [0.1, 0.15) is 329 Å². The van der Waals surface area contributed by atoms with Gasteiger partial charge in [-0.1, -0.05) is 269 Å². The second-order valence-electron chi connectivity index (χ2n) is 20.6. The molecule has 0 heterocycles. The van der Waals surface area contributed by atoms with E-state index in [1.807, 2.05) is 0 Å². The van der Waals surface area contributed by atoms with E-state index >= 15 is 0 Å². The third-order valence-corrected chi connectivity index (χ3v) is 13.6. The van der Waals surface area contributed by atoms with Crippen molar-refractivity contribution < 1.29 is 28.6 Å². The standard InChI is InChI=1S/C63H116O6/c1-4-7-10-13-16-19-22-25-28-30-31-33-36-38-41-44-47-50-53-56-62(65)68-59-60(69-63(66)57-54-51-48-45-42-39-34-27-24-21-18-15-12-9-6-3)58-67-61(64)55-52-49-46-43-40-37-35-32-29-26-23-20-17-14-11-8-5-2/h18,21,26-27,29,34,60H,4-17,19-20,22-25,28,30-33,35-59H2,1-3H3/b21-18-,29-26-,34-27-/t60-/m1/s1. The molecule has 0 unspecified atom stereocenters. The van der Waals surface area contributed by atoms with Crippen LogP contribution in [-0.2, 0) is 28.6 Å². The Morgan fingerprint density at radius 3 is 0.841 bits per heavy atom. The first-order valence-electron chi connectivity index (χ1n) is 30.5. The highest BCUT2D eigenvalue weighted by Crippen LogP contribution is 2.17. The van der Waals surface area contributed by atoms with Gasteiger partial charge in [0.1, 0.15) is 13.2 Å². The normalized spacial score (nSPS) is 12.2. The zero-order valence-electron chi connectivity index (χ0n) is 46.3. The first kappa shape index (κ1) is 66.6. The summed E-state index contributed by atoms with van der Waals surface area (Å²) < 4.78 is 16.9. The van der Waals surface area contributed by atoms with Crippen LogP contribution >= 0.6 is 0 Å². The van der Waals surface area contributed by atoms with Gasteiger partial charge in [-0.2, -0.15) is 0 Å².